The molecule has 1 N–H and O–H groups in total. The molecule has 1 aliphatic rings. The first-order chi connectivity index (χ1) is 8.22. The van der Waals surface area contributed by atoms with Gasteiger partial charge in [-0.3, -0.25) is 0 Å². The van der Waals surface area contributed by atoms with Crippen molar-refractivity contribution >= 4 is 5.76 Å². The standard InChI is InChI=1S/C14H18FNO/c1-3-17-10(2)12-5-4-6-14(15)13(12)9-16-11-7-8-11/h4-6,11,16H,2-3,7-9H2,1H3. The van der Waals surface area contributed by atoms with E-state index >= 15 is 0 Å². The summed E-state index contributed by atoms with van der Waals surface area (Å²) >= 11 is 0. The van der Waals surface area contributed by atoms with Gasteiger partial charge in [-0.25, -0.2) is 4.39 Å². The zero-order valence-corrected chi connectivity index (χ0v) is 10.1. The van der Waals surface area contributed by atoms with E-state index in [1.165, 1.54) is 18.9 Å². The minimum absolute atomic E-state index is 0.198. The first-order valence-electron chi connectivity index (χ1n) is 6.05. The van der Waals surface area contributed by atoms with Gasteiger partial charge in [0, 0.05) is 23.7 Å². The number of ether oxygens (including phenoxy) is 1. The third-order valence-electron chi connectivity index (χ3n) is 2.88. The van der Waals surface area contributed by atoms with Crippen LogP contribution in [0.25, 0.3) is 5.76 Å². The largest absolute Gasteiger partial charge is 0.494 e. The summed E-state index contributed by atoms with van der Waals surface area (Å²) in [6.45, 7) is 6.82. The van der Waals surface area contributed by atoms with Crippen LogP contribution in [-0.2, 0) is 11.3 Å². The Morgan fingerprint density at radius 1 is 1.53 bits per heavy atom. The molecule has 0 unspecified atom stereocenters. The highest BCUT2D eigenvalue weighted by Gasteiger charge is 2.21. The molecule has 1 saturated carbocycles. The second kappa shape index (κ2) is 5.32. The van der Waals surface area contributed by atoms with Gasteiger partial charge in [0.1, 0.15) is 11.6 Å². The second-order valence-electron chi connectivity index (χ2n) is 4.28. The molecule has 0 aromatic heterocycles. The Labute approximate surface area is 101 Å². The van der Waals surface area contributed by atoms with E-state index in [1.54, 1.807) is 6.07 Å². The maximum atomic E-state index is 13.8. The van der Waals surface area contributed by atoms with Crippen molar-refractivity contribution in [2.45, 2.75) is 32.4 Å². The van der Waals surface area contributed by atoms with Gasteiger partial charge in [-0.15, -0.1) is 0 Å². The lowest BCUT2D eigenvalue weighted by Crippen LogP contribution is -2.17. The van der Waals surface area contributed by atoms with Crippen LogP contribution in [0, 0.1) is 5.82 Å². The second-order valence-corrected chi connectivity index (χ2v) is 4.28. The molecule has 17 heavy (non-hydrogen) atoms. The molecule has 0 bridgehead atoms. The maximum Gasteiger partial charge on any atom is 0.128 e. The summed E-state index contributed by atoms with van der Waals surface area (Å²) in [7, 11) is 0. The highest BCUT2D eigenvalue weighted by atomic mass is 19.1. The number of halogens is 1. The minimum atomic E-state index is -0.198. The summed E-state index contributed by atoms with van der Waals surface area (Å²) in [4.78, 5) is 0. The lowest BCUT2D eigenvalue weighted by molar-refractivity contribution is 0.298. The van der Waals surface area contributed by atoms with Crippen LogP contribution < -0.4 is 5.32 Å². The third kappa shape index (κ3) is 3.07. The molecule has 2 rings (SSSR count). The number of nitrogens with one attached hydrogen (secondary N) is 1. The van der Waals surface area contributed by atoms with Crippen LogP contribution in [-0.4, -0.2) is 12.6 Å². The molecule has 3 heteroatoms. The Kier molecular flexibility index (Phi) is 3.79. The number of hydrogen-bond acceptors (Lipinski definition) is 2. The molecule has 0 aliphatic heterocycles. The first kappa shape index (κ1) is 12.1. The van der Waals surface area contributed by atoms with Crippen LogP contribution >= 0.6 is 0 Å². The van der Waals surface area contributed by atoms with E-state index in [4.69, 9.17) is 4.74 Å². The molecule has 2 nitrogen and oxygen atoms in total. The third-order valence-corrected chi connectivity index (χ3v) is 2.88. The Hall–Kier alpha value is -1.35. The van der Waals surface area contributed by atoms with Gasteiger partial charge in [0.2, 0.25) is 0 Å². The van der Waals surface area contributed by atoms with Gasteiger partial charge in [-0.1, -0.05) is 18.7 Å². The minimum Gasteiger partial charge on any atom is -0.494 e. The van der Waals surface area contributed by atoms with Crippen LogP contribution in [0.1, 0.15) is 30.9 Å². The average Bonchev–Trinajstić information content (AvgIpc) is 3.11. The molecular formula is C14H18FNO. The summed E-state index contributed by atoms with van der Waals surface area (Å²) in [6, 6.07) is 5.58. The summed E-state index contributed by atoms with van der Waals surface area (Å²) in [5, 5.41) is 3.31. The van der Waals surface area contributed by atoms with Crippen molar-refractivity contribution in [3.05, 3.63) is 41.7 Å². The van der Waals surface area contributed by atoms with Crippen molar-refractivity contribution in [3.63, 3.8) is 0 Å². The van der Waals surface area contributed by atoms with Gasteiger partial charge in [-0.2, -0.15) is 0 Å². The Morgan fingerprint density at radius 3 is 2.94 bits per heavy atom. The average molecular weight is 235 g/mol. The number of hydrogen-bond donors (Lipinski definition) is 1. The molecule has 1 aromatic carbocycles. The van der Waals surface area contributed by atoms with Crippen molar-refractivity contribution in [1.82, 2.24) is 5.32 Å². The monoisotopic (exact) mass is 235 g/mol. The fourth-order valence-corrected chi connectivity index (χ4v) is 1.79. The van der Waals surface area contributed by atoms with E-state index in [2.05, 4.69) is 11.9 Å². The topological polar surface area (TPSA) is 21.3 Å². The molecular weight excluding hydrogens is 217 g/mol. The predicted molar refractivity (Wildman–Crippen MR) is 66.9 cm³/mol. The number of rotatable bonds is 6. The van der Waals surface area contributed by atoms with Crippen molar-refractivity contribution < 1.29 is 9.13 Å². The van der Waals surface area contributed by atoms with Crippen LogP contribution in [0.3, 0.4) is 0 Å². The molecule has 0 amide bonds. The van der Waals surface area contributed by atoms with E-state index in [0.717, 1.165) is 5.56 Å². The summed E-state index contributed by atoms with van der Waals surface area (Å²) in [6.07, 6.45) is 2.38. The quantitative estimate of drug-likeness (QED) is 0.765. The van der Waals surface area contributed by atoms with Crippen molar-refractivity contribution in [1.29, 1.82) is 0 Å². The van der Waals surface area contributed by atoms with Gasteiger partial charge in [-0.05, 0) is 25.8 Å². The zero-order chi connectivity index (χ0) is 12.3. The van der Waals surface area contributed by atoms with E-state index in [1.807, 2.05) is 13.0 Å². The normalized spacial score (nSPS) is 14.7. The number of benzene rings is 1. The maximum absolute atomic E-state index is 13.8. The summed E-state index contributed by atoms with van der Waals surface area (Å²) < 4.78 is 19.1. The van der Waals surface area contributed by atoms with Crippen LogP contribution in [0.4, 0.5) is 4.39 Å². The van der Waals surface area contributed by atoms with Crippen LogP contribution in [0.5, 0.6) is 0 Å². The van der Waals surface area contributed by atoms with Crippen molar-refractivity contribution in [3.8, 4) is 0 Å². The van der Waals surface area contributed by atoms with Gasteiger partial charge in [0.25, 0.3) is 0 Å². The Balaban J connectivity index is 2.16. The molecule has 92 valence electrons. The zero-order valence-electron chi connectivity index (χ0n) is 10.1. The fraction of sp³-hybridized carbons (Fsp3) is 0.429. The van der Waals surface area contributed by atoms with Crippen LogP contribution in [0.15, 0.2) is 24.8 Å². The smallest absolute Gasteiger partial charge is 0.128 e. The fourth-order valence-electron chi connectivity index (χ4n) is 1.79. The van der Waals surface area contributed by atoms with Gasteiger partial charge in [0.15, 0.2) is 0 Å². The van der Waals surface area contributed by atoms with Gasteiger partial charge >= 0.3 is 0 Å². The van der Waals surface area contributed by atoms with Crippen molar-refractivity contribution in [2.24, 2.45) is 0 Å². The molecule has 1 aromatic rings. The van der Waals surface area contributed by atoms with Gasteiger partial charge < -0.3 is 10.1 Å². The van der Waals surface area contributed by atoms with Crippen molar-refractivity contribution in [2.75, 3.05) is 6.61 Å². The molecule has 0 heterocycles. The molecule has 0 radical (unpaired) electrons. The van der Waals surface area contributed by atoms with E-state index in [-0.39, 0.29) is 5.82 Å². The molecule has 0 spiro atoms. The SMILES string of the molecule is C=C(OCC)c1cccc(F)c1CNC1CC1. The highest BCUT2D eigenvalue weighted by Crippen LogP contribution is 2.24. The first-order valence-corrected chi connectivity index (χ1v) is 6.05. The lowest BCUT2D eigenvalue weighted by Gasteiger charge is -2.13. The van der Waals surface area contributed by atoms with Crippen LogP contribution in [0.2, 0.25) is 0 Å². The summed E-state index contributed by atoms with van der Waals surface area (Å²) in [5.74, 6) is 0.344. The Bertz CT molecular complexity index is 413. The lowest BCUT2D eigenvalue weighted by atomic mass is 10.1. The molecule has 0 saturated heterocycles. The molecule has 1 fully saturated rings. The van der Waals surface area contributed by atoms with E-state index in [9.17, 15) is 4.39 Å². The van der Waals surface area contributed by atoms with E-state index in [0.29, 0.717) is 30.5 Å². The summed E-state index contributed by atoms with van der Waals surface area (Å²) in [5.41, 5.74) is 1.41. The molecule has 0 atom stereocenters. The highest BCUT2D eigenvalue weighted by molar-refractivity contribution is 5.61. The Morgan fingerprint density at radius 2 is 2.29 bits per heavy atom. The predicted octanol–water partition coefficient (Wildman–Crippen LogP) is 3.08. The van der Waals surface area contributed by atoms with Gasteiger partial charge in [0.05, 0.1) is 6.61 Å². The molecule has 1 aliphatic carbocycles. The van der Waals surface area contributed by atoms with E-state index < -0.39 is 0 Å².